The molecule has 0 spiro atoms. The molecule has 1 heterocycles. The maximum absolute atomic E-state index is 4.80. The van der Waals surface area contributed by atoms with Crippen LogP contribution in [0.4, 0.5) is 5.69 Å². The molecule has 1 aliphatic carbocycles. The zero-order valence-electron chi connectivity index (χ0n) is 9.33. The van der Waals surface area contributed by atoms with E-state index in [0.29, 0.717) is 12.0 Å². The van der Waals surface area contributed by atoms with Crippen molar-refractivity contribution in [2.24, 2.45) is 4.99 Å². The smallest absolute Gasteiger partial charge is 0.0669 e. The van der Waals surface area contributed by atoms with Gasteiger partial charge in [0.1, 0.15) is 0 Å². The van der Waals surface area contributed by atoms with Gasteiger partial charge in [-0.2, -0.15) is 0 Å². The van der Waals surface area contributed by atoms with E-state index < -0.39 is 0 Å². The summed E-state index contributed by atoms with van der Waals surface area (Å²) >= 11 is 3.55. The average molecular weight is 279 g/mol. The maximum atomic E-state index is 4.80. The van der Waals surface area contributed by atoms with Gasteiger partial charge in [-0.05, 0) is 43.7 Å². The summed E-state index contributed by atoms with van der Waals surface area (Å²) in [5.74, 6) is 0.554. The van der Waals surface area contributed by atoms with E-state index in [9.17, 15) is 0 Å². The number of hydrogen-bond acceptors (Lipinski definition) is 2. The minimum Gasteiger partial charge on any atom is -0.312 e. The van der Waals surface area contributed by atoms with Gasteiger partial charge in [-0.15, -0.1) is 0 Å². The summed E-state index contributed by atoms with van der Waals surface area (Å²) in [7, 11) is 2.04. The molecule has 3 heteroatoms. The van der Waals surface area contributed by atoms with Crippen LogP contribution in [-0.4, -0.2) is 18.8 Å². The molecule has 1 aliphatic heterocycles. The summed E-state index contributed by atoms with van der Waals surface area (Å²) in [6, 6.07) is 6.91. The number of nitrogens with zero attached hydrogens (tertiary/aromatic N) is 1. The van der Waals surface area contributed by atoms with Crippen molar-refractivity contribution in [2.75, 3.05) is 7.05 Å². The fourth-order valence-corrected chi connectivity index (χ4v) is 3.25. The normalized spacial score (nSPS) is 27.2. The lowest BCUT2D eigenvalue weighted by atomic mass is 9.81. The van der Waals surface area contributed by atoms with E-state index in [1.165, 1.54) is 36.2 Å². The van der Waals surface area contributed by atoms with Crippen LogP contribution in [0.25, 0.3) is 0 Å². The molecule has 0 bridgehead atoms. The van der Waals surface area contributed by atoms with Crippen molar-refractivity contribution in [1.82, 2.24) is 5.32 Å². The molecular formula is C13H15BrN2. The molecule has 1 aromatic carbocycles. The highest BCUT2D eigenvalue weighted by atomic mass is 79.9. The first kappa shape index (κ1) is 10.5. The zero-order valence-corrected chi connectivity index (χ0v) is 10.9. The van der Waals surface area contributed by atoms with E-state index in [-0.39, 0.29) is 0 Å². The molecular weight excluding hydrogens is 264 g/mol. The Morgan fingerprint density at radius 3 is 3.06 bits per heavy atom. The molecule has 3 rings (SSSR count). The second-order valence-electron chi connectivity index (χ2n) is 4.56. The first-order valence-electron chi connectivity index (χ1n) is 5.85. The molecule has 0 saturated heterocycles. The third-order valence-corrected chi connectivity index (χ3v) is 4.16. The largest absolute Gasteiger partial charge is 0.312 e. The molecule has 16 heavy (non-hydrogen) atoms. The van der Waals surface area contributed by atoms with Crippen molar-refractivity contribution in [2.45, 2.75) is 31.2 Å². The van der Waals surface area contributed by atoms with E-state index in [1.807, 2.05) is 7.05 Å². The van der Waals surface area contributed by atoms with Gasteiger partial charge < -0.3 is 5.32 Å². The number of aliphatic imine (C=N–C) groups is 1. The SMILES string of the molecule is CNC1CCCC2C1=Nc1ccc(Br)cc12. The van der Waals surface area contributed by atoms with E-state index in [0.717, 1.165) is 4.47 Å². The van der Waals surface area contributed by atoms with Gasteiger partial charge in [0.05, 0.1) is 5.69 Å². The van der Waals surface area contributed by atoms with Crippen molar-refractivity contribution >= 4 is 27.3 Å². The summed E-state index contributed by atoms with van der Waals surface area (Å²) in [6.07, 6.45) is 3.77. The van der Waals surface area contributed by atoms with Gasteiger partial charge >= 0.3 is 0 Å². The lowest BCUT2D eigenvalue weighted by Gasteiger charge is -2.27. The maximum Gasteiger partial charge on any atom is 0.0669 e. The summed E-state index contributed by atoms with van der Waals surface area (Å²) in [6.45, 7) is 0. The Hall–Kier alpha value is -0.670. The molecule has 0 aromatic heterocycles. The molecule has 2 aliphatic rings. The number of halogens is 1. The van der Waals surface area contributed by atoms with Gasteiger partial charge in [-0.1, -0.05) is 22.4 Å². The predicted octanol–water partition coefficient (Wildman–Crippen LogP) is 3.39. The number of fused-ring (bicyclic) bond motifs is 3. The Morgan fingerprint density at radius 2 is 2.25 bits per heavy atom. The quantitative estimate of drug-likeness (QED) is 0.837. The second kappa shape index (κ2) is 3.97. The molecule has 0 radical (unpaired) electrons. The third kappa shape index (κ3) is 1.54. The van der Waals surface area contributed by atoms with Crippen LogP contribution in [0.1, 0.15) is 30.7 Å². The first-order valence-corrected chi connectivity index (χ1v) is 6.64. The minimum absolute atomic E-state index is 0.477. The highest BCUT2D eigenvalue weighted by Gasteiger charge is 2.34. The fraction of sp³-hybridized carbons (Fsp3) is 0.462. The van der Waals surface area contributed by atoms with Gasteiger partial charge in [-0.25, -0.2) is 0 Å². The van der Waals surface area contributed by atoms with Crippen molar-refractivity contribution in [3.8, 4) is 0 Å². The van der Waals surface area contributed by atoms with Crippen molar-refractivity contribution in [3.05, 3.63) is 28.2 Å². The number of hydrogen-bond donors (Lipinski definition) is 1. The summed E-state index contributed by atoms with van der Waals surface area (Å²) in [5.41, 5.74) is 3.93. The van der Waals surface area contributed by atoms with E-state index in [1.54, 1.807) is 0 Å². The Labute approximate surface area is 104 Å². The predicted molar refractivity (Wildman–Crippen MR) is 70.7 cm³/mol. The van der Waals surface area contributed by atoms with E-state index in [4.69, 9.17) is 4.99 Å². The topological polar surface area (TPSA) is 24.4 Å². The molecule has 1 aromatic rings. The molecule has 84 valence electrons. The van der Waals surface area contributed by atoms with Crippen LogP contribution in [0, 0.1) is 0 Å². The van der Waals surface area contributed by atoms with Gasteiger partial charge in [-0.3, -0.25) is 4.99 Å². The van der Waals surface area contributed by atoms with Gasteiger partial charge in [0.15, 0.2) is 0 Å². The second-order valence-corrected chi connectivity index (χ2v) is 5.48. The zero-order chi connectivity index (χ0) is 11.1. The number of rotatable bonds is 1. The molecule has 2 unspecified atom stereocenters. The van der Waals surface area contributed by atoms with Crippen LogP contribution in [0.5, 0.6) is 0 Å². The van der Waals surface area contributed by atoms with Crippen molar-refractivity contribution in [3.63, 3.8) is 0 Å². The van der Waals surface area contributed by atoms with Gasteiger partial charge in [0.2, 0.25) is 0 Å². The van der Waals surface area contributed by atoms with Crippen LogP contribution >= 0.6 is 15.9 Å². The van der Waals surface area contributed by atoms with Crippen LogP contribution in [0.15, 0.2) is 27.7 Å². The Kier molecular flexibility index (Phi) is 2.60. The van der Waals surface area contributed by atoms with Crippen molar-refractivity contribution in [1.29, 1.82) is 0 Å². The van der Waals surface area contributed by atoms with Crippen LogP contribution in [-0.2, 0) is 0 Å². The molecule has 2 atom stereocenters. The highest BCUT2D eigenvalue weighted by Crippen LogP contribution is 2.43. The van der Waals surface area contributed by atoms with Crippen LogP contribution in [0.3, 0.4) is 0 Å². The number of nitrogens with one attached hydrogen (secondary N) is 1. The number of benzene rings is 1. The van der Waals surface area contributed by atoms with E-state index in [2.05, 4.69) is 39.4 Å². The Morgan fingerprint density at radius 1 is 1.38 bits per heavy atom. The standard InChI is InChI=1S/C13H15BrN2/c1-15-12-4-2-3-9-10-7-8(14)5-6-11(10)16-13(9)12/h5-7,9,12,15H,2-4H2,1H3. The van der Waals surface area contributed by atoms with Crippen LogP contribution in [0.2, 0.25) is 0 Å². The Balaban J connectivity index is 2.04. The summed E-state index contributed by atoms with van der Waals surface area (Å²) in [4.78, 5) is 4.80. The first-order chi connectivity index (χ1) is 7.79. The monoisotopic (exact) mass is 278 g/mol. The fourth-order valence-electron chi connectivity index (χ4n) is 2.87. The average Bonchev–Trinajstić information content (AvgIpc) is 2.67. The molecule has 1 saturated carbocycles. The summed E-state index contributed by atoms with van der Waals surface area (Å²) in [5, 5.41) is 3.38. The lowest BCUT2D eigenvalue weighted by molar-refractivity contribution is 0.525. The van der Waals surface area contributed by atoms with Gasteiger partial charge in [0.25, 0.3) is 0 Å². The van der Waals surface area contributed by atoms with Crippen LogP contribution < -0.4 is 5.32 Å². The molecule has 0 amide bonds. The summed E-state index contributed by atoms with van der Waals surface area (Å²) < 4.78 is 1.16. The molecule has 2 nitrogen and oxygen atoms in total. The molecule has 1 N–H and O–H groups in total. The van der Waals surface area contributed by atoms with Gasteiger partial charge in [0, 0.05) is 22.1 Å². The molecule has 1 fully saturated rings. The van der Waals surface area contributed by atoms with Crippen molar-refractivity contribution < 1.29 is 0 Å². The Bertz CT molecular complexity index is 453. The lowest BCUT2D eigenvalue weighted by Crippen LogP contribution is -2.39. The van der Waals surface area contributed by atoms with E-state index >= 15 is 0 Å². The third-order valence-electron chi connectivity index (χ3n) is 3.66. The highest BCUT2D eigenvalue weighted by molar-refractivity contribution is 9.10. The minimum atomic E-state index is 0.477.